The molecule has 30 heterocycles. The van der Waals surface area contributed by atoms with Crippen LogP contribution in [0.3, 0.4) is 0 Å². The van der Waals surface area contributed by atoms with E-state index in [1.165, 1.54) is 0 Å². The molecule has 88 heavy (non-hydrogen) atoms. The molecule has 0 N–H and O–H groups in total. The first kappa shape index (κ1) is 71.6. The maximum absolute atomic E-state index is 7.23. The average Bonchev–Trinajstić information content (AvgIpc) is 0.977. The highest BCUT2D eigenvalue weighted by Crippen LogP contribution is 2.49. The Morgan fingerprint density at radius 2 is 0.227 bits per heavy atom. The monoisotopic (exact) mass is 1250 g/mol. The van der Waals surface area contributed by atoms with Crippen molar-refractivity contribution < 1.29 is 75.8 Å². The van der Waals surface area contributed by atoms with Crippen LogP contribution in [0.2, 0.25) is 0 Å². The van der Waals surface area contributed by atoms with E-state index in [1.807, 2.05) is 0 Å². The van der Waals surface area contributed by atoms with Gasteiger partial charge in [0, 0.05) is 47.3 Å². The molecule has 30 aliphatic heterocycles. The smallest absolute Gasteiger partial charge is 0.161 e. The van der Waals surface area contributed by atoms with Crippen LogP contribution in [0.15, 0.2) is 0 Å². The Morgan fingerprint density at radius 1 is 0.136 bits per heavy atom. The molecular formula is C72H128O16. The first-order valence-electron chi connectivity index (χ1n) is 36.4. The molecular weight excluding hydrogens is 1120 g/mol. The maximum Gasteiger partial charge on any atom is 0.161 e. The molecule has 16 bridgehead atoms. The van der Waals surface area contributed by atoms with Gasteiger partial charge in [0.05, 0.1) is 97.7 Å². The number of rotatable bonds is 8. The first-order chi connectivity index (χ1) is 41.9. The van der Waals surface area contributed by atoms with Gasteiger partial charge in [-0.2, -0.15) is 0 Å². The van der Waals surface area contributed by atoms with Crippen LogP contribution in [-0.4, -0.2) is 148 Å². The fourth-order valence-corrected chi connectivity index (χ4v) is 16.9. The largest absolute Gasteiger partial charge is 0.346 e. The molecule has 0 aromatic rings. The second-order valence-electron chi connectivity index (χ2n) is 30.2. The average molecular weight is 1250 g/mol. The van der Waals surface area contributed by atoms with Gasteiger partial charge < -0.3 is 75.8 Å². The molecule has 40 atom stereocenters. The van der Waals surface area contributed by atoms with Gasteiger partial charge in [0.1, 0.15) is 0 Å². The van der Waals surface area contributed by atoms with E-state index in [2.05, 4.69) is 166 Å². The van der Waals surface area contributed by atoms with Crippen molar-refractivity contribution in [1.82, 2.24) is 0 Å². The zero-order chi connectivity index (χ0) is 64.1. The lowest BCUT2D eigenvalue weighted by Crippen LogP contribution is -2.61. The fourth-order valence-electron chi connectivity index (χ4n) is 16.9. The van der Waals surface area contributed by atoms with Gasteiger partial charge >= 0.3 is 0 Å². The van der Waals surface area contributed by atoms with Crippen LogP contribution < -0.4 is 0 Å². The SMILES string of the molecule is CCC1O[C@@H]2O[C@@H]3C(CC)O[C@H](O[C@@H]4C(CC)O[C@H](O[C@@H]5C(CC)O[C@H](O[C@H]6C(C)C(C)[C@@H](O[C@@H]7C(CC)O[C@H](O[C@@H]8C(CC)O[C@H](O[C@@H]9C(CC)O[C@H](O[C@H]1C(C)C2C)C(C)C9C)C(C)C8C)C(C)C7C)O[C@H]6CC)C(C)C5C)C(C)C4C)C(C)C3C. The van der Waals surface area contributed by atoms with Crippen molar-refractivity contribution in [1.29, 1.82) is 0 Å². The number of hydrogen-bond donors (Lipinski definition) is 0. The molecule has 0 saturated carbocycles. The van der Waals surface area contributed by atoms with Gasteiger partial charge in [0.2, 0.25) is 0 Å². The third-order valence-corrected chi connectivity index (χ3v) is 25.2. The van der Waals surface area contributed by atoms with Crippen molar-refractivity contribution in [3.63, 3.8) is 0 Å². The lowest BCUT2D eigenvalue weighted by atomic mass is 9.80. The molecule has 0 radical (unpaired) electrons. The summed E-state index contributed by atoms with van der Waals surface area (Å²) in [6, 6.07) is 0. The van der Waals surface area contributed by atoms with Crippen molar-refractivity contribution in [2.45, 2.75) is 366 Å². The van der Waals surface area contributed by atoms with Gasteiger partial charge in [-0.3, -0.25) is 0 Å². The van der Waals surface area contributed by atoms with Crippen LogP contribution >= 0.6 is 0 Å². The van der Waals surface area contributed by atoms with Crippen LogP contribution in [0.25, 0.3) is 0 Å². The van der Waals surface area contributed by atoms with E-state index in [1.54, 1.807) is 0 Å². The Morgan fingerprint density at radius 3 is 0.307 bits per heavy atom. The van der Waals surface area contributed by atoms with Gasteiger partial charge in [-0.05, 0) is 98.7 Å². The Balaban J connectivity index is 0.975. The van der Waals surface area contributed by atoms with Crippen LogP contribution in [0.5, 0.6) is 0 Å². The molecule has 0 spiro atoms. The minimum absolute atomic E-state index is 0.0418. The van der Waals surface area contributed by atoms with Gasteiger partial charge in [0.15, 0.2) is 50.3 Å². The molecule has 23 unspecified atom stereocenters. The fraction of sp³-hybridized carbons (Fsp3) is 1.00. The summed E-state index contributed by atoms with van der Waals surface area (Å²) in [4.78, 5) is 0. The van der Waals surface area contributed by atoms with E-state index in [9.17, 15) is 0 Å². The summed E-state index contributed by atoms with van der Waals surface area (Å²) in [7, 11) is 0. The second kappa shape index (κ2) is 30.6. The Labute approximate surface area is 533 Å². The molecule has 0 aromatic heterocycles. The van der Waals surface area contributed by atoms with Crippen LogP contribution in [0.1, 0.15) is 218 Å². The lowest BCUT2D eigenvalue weighted by Gasteiger charge is -2.53. The molecule has 30 saturated heterocycles. The van der Waals surface area contributed by atoms with E-state index in [4.69, 9.17) is 75.8 Å². The summed E-state index contributed by atoms with van der Waals surface area (Å²) in [5.41, 5.74) is 0. The van der Waals surface area contributed by atoms with Gasteiger partial charge in [0.25, 0.3) is 0 Å². The van der Waals surface area contributed by atoms with E-state index in [0.717, 1.165) is 51.4 Å². The molecule has 16 nitrogen and oxygen atoms in total. The van der Waals surface area contributed by atoms with E-state index in [-0.39, 0.29) is 192 Å². The van der Waals surface area contributed by atoms with E-state index >= 15 is 0 Å². The van der Waals surface area contributed by atoms with Crippen molar-refractivity contribution in [2.24, 2.45) is 94.7 Å². The van der Waals surface area contributed by atoms with E-state index < -0.39 is 50.3 Å². The third kappa shape index (κ3) is 14.1. The molecule has 30 rings (SSSR count). The quantitative estimate of drug-likeness (QED) is 0.227. The predicted octanol–water partition coefficient (Wildman–Crippen LogP) is 14.3. The van der Waals surface area contributed by atoms with Crippen molar-refractivity contribution in [3.05, 3.63) is 0 Å². The standard InChI is InChI=1S/C72H128O16/c1-25-49-57-33(9)41(17)65(73-49)82-58-35(11)43(19)67(75-50(58)26-2)84-60-37(13)45(21)69(77-52(60)28-4)86-62-39(15)47(23)71(79-54(62)30-6)88-64-40(16)48(24)72(80-56(64)32-8)87-63-38(14)46(22)70(78-55(63)31-7)85-61-36(12)44(20)68(76-53(61)29-5)83-59-34(10)42(18)66(81-57)74-51(59)27-3/h33-72H,25-32H2,1-24H3/t33?,34?,35?,36?,37?,38?,39?,40?,41?,42?,43?,44?,45?,46?,47?,48?,49-,50?,51?,52?,53?,54?,55?,56?,57-,58-,59-,60-,61-,62-,63-,64-,65+,66+,67+,68+,69+,70+,71+,72+/m0/s1. The van der Waals surface area contributed by atoms with Gasteiger partial charge in [-0.15, -0.1) is 0 Å². The minimum Gasteiger partial charge on any atom is -0.346 e. The van der Waals surface area contributed by atoms with Crippen LogP contribution in [0, 0.1) is 94.7 Å². The van der Waals surface area contributed by atoms with Crippen molar-refractivity contribution in [3.8, 4) is 0 Å². The zero-order valence-corrected chi connectivity index (χ0v) is 59.3. The topological polar surface area (TPSA) is 148 Å². The Kier molecular flexibility index (Phi) is 24.9. The predicted molar refractivity (Wildman–Crippen MR) is 337 cm³/mol. The van der Waals surface area contributed by atoms with Crippen molar-refractivity contribution in [2.75, 3.05) is 0 Å². The lowest BCUT2D eigenvalue weighted by molar-refractivity contribution is -0.376. The number of ether oxygens (including phenoxy) is 16. The summed E-state index contributed by atoms with van der Waals surface area (Å²) in [5.74, 6) is 1.33. The Hall–Kier alpha value is -0.640. The van der Waals surface area contributed by atoms with Gasteiger partial charge in [-0.1, -0.05) is 166 Å². The highest BCUT2D eigenvalue weighted by Gasteiger charge is 2.57. The summed E-state index contributed by atoms with van der Waals surface area (Å²) in [6.07, 6.45) is -0.261. The van der Waals surface area contributed by atoms with Crippen LogP contribution in [-0.2, 0) is 75.8 Å². The first-order valence-corrected chi connectivity index (χ1v) is 36.4. The molecule has 0 amide bonds. The molecule has 30 fully saturated rings. The van der Waals surface area contributed by atoms with E-state index in [0.29, 0.717) is 0 Å². The number of hydrogen-bond acceptors (Lipinski definition) is 16. The summed E-state index contributed by atoms with van der Waals surface area (Å²) in [6.45, 7) is 53.9. The normalized spacial score (nSPS) is 55.4. The highest BCUT2D eigenvalue weighted by molar-refractivity contribution is 4.98. The minimum atomic E-state index is -0.431. The molecule has 0 aliphatic carbocycles. The summed E-state index contributed by atoms with van der Waals surface area (Å²) < 4.78 is 114. The molecule has 30 aliphatic rings. The van der Waals surface area contributed by atoms with Crippen molar-refractivity contribution >= 4 is 0 Å². The summed E-state index contributed by atoms with van der Waals surface area (Å²) in [5, 5.41) is 0. The maximum atomic E-state index is 7.23. The second-order valence-corrected chi connectivity index (χ2v) is 30.2. The highest BCUT2D eigenvalue weighted by atomic mass is 16.8. The third-order valence-electron chi connectivity index (χ3n) is 25.2. The Bertz CT molecular complexity index is 1680. The van der Waals surface area contributed by atoms with Crippen LogP contribution in [0.4, 0.5) is 0 Å². The zero-order valence-electron chi connectivity index (χ0n) is 59.3. The van der Waals surface area contributed by atoms with Gasteiger partial charge in [-0.25, -0.2) is 0 Å². The molecule has 0 aromatic carbocycles. The molecule has 512 valence electrons. The molecule has 16 heteroatoms. The summed E-state index contributed by atoms with van der Waals surface area (Å²) >= 11 is 0.